The second-order valence-electron chi connectivity index (χ2n) is 4.31. The lowest BCUT2D eigenvalue weighted by molar-refractivity contribution is 0.0697. The Bertz CT molecular complexity index is 694. The molecule has 0 fully saturated rings. The van der Waals surface area contributed by atoms with E-state index in [2.05, 4.69) is 26.6 Å². The normalized spacial score (nSPS) is 10.4. The zero-order valence-electron chi connectivity index (χ0n) is 11.3. The molecule has 21 heavy (non-hydrogen) atoms. The molecule has 0 radical (unpaired) electrons. The molecule has 0 spiro atoms. The molecular formula is C13H13BrN2O3S2. The molecule has 0 unspecified atom stereocenters. The Hall–Kier alpha value is -1.38. The summed E-state index contributed by atoms with van der Waals surface area (Å²) in [7, 11) is 0. The summed E-state index contributed by atoms with van der Waals surface area (Å²) in [6.07, 6.45) is 0. The van der Waals surface area contributed by atoms with Crippen molar-refractivity contribution in [3.8, 4) is 0 Å². The van der Waals surface area contributed by atoms with Gasteiger partial charge in [0.05, 0.1) is 15.9 Å². The fourth-order valence-electron chi connectivity index (χ4n) is 1.73. The van der Waals surface area contributed by atoms with Crippen molar-refractivity contribution in [2.24, 2.45) is 0 Å². The minimum absolute atomic E-state index is 0.159. The average molecular weight is 389 g/mol. The van der Waals surface area contributed by atoms with Gasteiger partial charge in [-0.1, -0.05) is 0 Å². The first-order valence-corrected chi connectivity index (χ1v) is 8.43. The van der Waals surface area contributed by atoms with Crippen LogP contribution < -0.4 is 10.6 Å². The number of nitrogens with one attached hydrogen (secondary N) is 2. The van der Waals surface area contributed by atoms with Gasteiger partial charge in [0, 0.05) is 9.75 Å². The van der Waals surface area contributed by atoms with E-state index in [4.69, 9.17) is 0 Å². The number of amides is 2. The van der Waals surface area contributed by atoms with Crippen molar-refractivity contribution in [2.45, 2.75) is 20.4 Å². The lowest BCUT2D eigenvalue weighted by atomic mass is 10.1. The predicted octanol–water partition coefficient (Wildman–Crippen LogP) is 4.21. The molecule has 0 atom stereocenters. The minimum Gasteiger partial charge on any atom is -0.478 e. The number of anilines is 1. The number of rotatable bonds is 4. The Morgan fingerprint density at radius 3 is 2.57 bits per heavy atom. The van der Waals surface area contributed by atoms with Crippen molar-refractivity contribution in [1.29, 1.82) is 0 Å². The molecule has 0 saturated heterocycles. The number of carboxylic acids is 1. The van der Waals surface area contributed by atoms with Crippen LogP contribution in [0.3, 0.4) is 0 Å². The highest BCUT2D eigenvalue weighted by atomic mass is 79.9. The van der Waals surface area contributed by atoms with Gasteiger partial charge in [0.15, 0.2) is 0 Å². The molecule has 0 aromatic carbocycles. The van der Waals surface area contributed by atoms with Crippen LogP contribution in [0.1, 0.15) is 25.7 Å². The van der Waals surface area contributed by atoms with Crippen molar-refractivity contribution in [1.82, 2.24) is 5.32 Å². The Kier molecular flexibility index (Phi) is 5.02. The number of thiophene rings is 2. The Labute approximate surface area is 138 Å². The second kappa shape index (κ2) is 6.59. The van der Waals surface area contributed by atoms with Gasteiger partial charge >= 0.3 is 12.0 Å². The molecule has 112 valence electrons. The summed E-state index contributed by atoms with van der Waals surface area (Å²) in [5.74, 6) is -1.03. The number of carboxylic acid groups (broad SMARTS) is 1. The monoisotopic (exact) mass is 388 g/mol. The summed E-state index contributed by atoms with van der Waals surface area (Å²) < 4.78 is 0.998. The summed E-state index contributed by atoms with van der Waals surface area (Å²) >= 11 is 6.15. The van der Waals surface area contributed by atoms with Crippen molar-refractivity contribution in [2.75, 3.05) is 5.32 Å². The van der Waals surface area contributed by atoms with Crippen LogP contribution in [0, 0.1) is 13.8 Å². The van der Waals surface area contributed by atoms with E-state index in [1.54, 1.807) is 6.92 Å². The van der Waals surface area contributed by atoms with E-state index in [0.717, 1.165) is 13.5 Å². The van der Waals surface area contributed by atoms with Gasteiger partial charge in [0.1, 0.15) is 5.00 Å². The fourth-order valence-corrected chi connectivity index (χ4v) is 4.20. The Morgan fingerprint density at radius 2 is 2.00 bits per heavy atom. The third kappa shape index (κ3) is 3.84. The standard InChI is InChI=1S/C13H13BrN2O3S2/c1-6-7(2)20-11(10(6)12(17)18)16-13(19)15-5-8-3-4-9(14)21-8/h3-4H,5H2,1-2H3,(H,17,18)(H2,15,16,19). The molecule has 2 heterocycles. The summed E-state index contributed by atoms with van der Waals surface area (Å²) in [4.78, 5) is 25.0. The Morgan fingerprint density at radius 1 is 1.29 bits per heavy atom. The number of urea groups is 1. The van der Waals surface area contributed by atoms with Gasteiger partial charge in [-0.2, -0.15) is 0 Å². The van der Waals surface area contributed by atoms with Crippen LogP contribution in [0.4, 0.5) is 9.80 Å². The molecular weight excluding hydrogens is 376 g/mol. The number of aromatic carboxylic acids is 1. The van der Waals surface area contributed by atoms with Gasteiger partial charge < -0.3 is 10.4 Å². The van der Waals surface area contributed by atoms with Crippen LogP contribution in [0.2, 0.25) is 0 Å². The van der Waals surface area contributed by atoms with Gasteiger partial charge in [-0.15, -0.1) is 22.7 Å². The molecule has 2 amide bonds. The van der Waals surface area contributed by atoms with E-state index in [-0.39, 0.29) is 5.56 Å². The first kappa shape index (κ1) is 16.0. The van der Waals surface area contributed by atoms with Crippen LogP contribution in [0.15, 0.2) is 15.9 Å². The largest absolute Gasteiger partial charge is 0.478 e. The summed E-state index contributed by atoms with van der Waals surface area (Å²) in [5, 5.41) is 14.9. The molecule has 0 aliphatic carbocycles. The molecule has 3 N–H and O–H groups in total. The smallest absolute Gasteiger partial charge is 0.338 e. The van der Waals surface area contributed by atoms with E-state index < -0.39 is 12.0 Å². The number of carbonyl (C=O) groups is 2. The number of aryl methyl sites for hydroxylation is 1. The third-order valence-electron chi connectivity index (χ3n) is 2.88. The van der Waals surface area contributed by atoms with E-state index in [0.29, 0.717) is 17.1 Å². The second-order valence-corrected chi connectivity index (χ2v) is 8.08. The molecule has 0 saturated carbocycles. The van der Waals surface area contributed by atoms with Gasteiger partial charge in [-0.25, -0.2) is 9.59 Å². The lowest BCUT2D eigenvalue weighted by Crippen LogP contribution is -2.28. The van der Waals surface area contributed by atoms with E-state index in [1.165, 1.54) is 22.7 Å². The highest BCUT2D eigenvalue weighted by Gasteiger charge is 2.20. The zero-order chi connectivity index (χ0) is 15.6. The molecule has 0 bridgehead atoms. The maximum absolute atomic E-state index is 11.9. The summed E-state index contributed by atoms with van der Waals surface area (Å²) in [6, 6.07) is 3.41. The van der Waals surface area contributed by atoms with Crippen LogP contribution in [-0.4, -0.2) is 17.1 Å². The van der Waals surface area contributed by atoms with Crippen LogP contribution in [-0.2, 0) is 6.54 Å². The van der Waals surface area contributed by atoms with Gasteiger partial charge in [-0.05, 0) is 47.5 Å². The van der Waals surface area contributed by atoms with Crippen LogP contribution in [0.25, 0.3) is 0 Å². The van der Waals surface area contributed by atoms with E-state index in [1.807, 2.05) is 19.1 Å². The van der Waals surface area contributed by atoms with Gasteiger partial charge in [-0.3, -0.25) is 5.32 Å². The quantitative estimate of drug-likeness (QED) is 0.733. The molecule has 2 rings (SSSR count). The average Bonchev–Trinajstić information content (AvgIpc) is 2.92. The summed E-state index contributed by atoms with van der Waals surface area (Å²) in [5.41, 5.74) is 0.844. The number of halogens is 1. The number of hydrogen-bond acceptors (Lipinski definition) is 4. The molecule has 0 aliphatic heterocycles. The lowest BCUT2D eigenvalue weighted by Gasteiger charge is -2.06. The maximum atomic E-state index is 11.9. The molecule has 5 nitrogen and oxygen atoms in total. The molecule has 8 heteroatoms. The minimum atomic E-state index is -1.03. The van der Waals surface area contributed by atoms with E-state index >= 15 is 0 Å². The molecule has 2 aromatic heterocycles. The van der Waals surface area contributed by atoms with Crippen molar-refractivity contribution in [3.05, 3.63) is 36.8 Å². The SMILES string of the molecule is Cc1sc(NC(=O)NCc2ccc(Br)s2)c(C(=O)O)c1C. The topological polar surface area (TPSA) is 78.4 Å². The highest BCUT2D eigenvalue weighted by Crippen LogP contribution is 2.32. The Balaban J connectivity index is 2.03. The van der Waals surface area contributed by atoms with Gasteiger partial charge in [0.2, 0.25) is 0 Å². The van der Waals surface area contributed by atoms with Gasteiger partial charge in [0.25, 0.3) is 0 Å². The fraction of sp³-hybridized carbons (Fsp3) is 0.231. The number of hydrogen-bond donors (Lipinski definition) is 3. The maximum Gasteiger partial charge on any atom is 0.338 e. The zero-order valence-corrected chi connectivity index (χ0v) is 14.5. The number of carbonyl (C=O) groups excluding carboxylic acids is 1. The van der Waals surface area contributed by atoms with Crippen molar-refractivity contribution in [3.63, 3.8) is 0 Å². The predicted molar refractivity (Wildman–Crippen MR) is 88.6 cm³/mol. The first-order valence-electron chi connectivity index (χ1n) is 6.01. The molecule has 2 aromatic rings. The summed E-state index contributed by atoms with van der Waals surface area (Å²) in [6.45, 7) is 3.97. The first-order chi connectivity index (χ1) is 9.88. The van der Waals surface area contributed by atoms with Crippen molar-refractivity contribution >= 4 is 55.6 Å². The van der Waals surface area contributed by atoms with Crippen LogP contribution in [0.5, 0.6) is 0 Å². The highest BCUT2D eigenvalue weighted by molar-refractivity contribution is 9.11. The van der Waals surface area contributed by atoms with Crippen molar-refractivity contribution < 1.29 is 14.7 Å². The third-order valence-corrected chi connectivity index (χ3v) is 5.62. The molecule has 0 aliphatic rings. The van der Waals surface area contributed by atoms with E-state index in [9.17, 15) is 14.7 Å². The van der Waals surface area contributed by atoms with Crippen LogP contribution >= 0.6 is 38.6 Å².